The predicted molar refractivity (Wildman–Crippen MR) is 96.0 cm³/mol. The average Bonchev–Trinajstić information content (AvgIpc) is 3.27. The molecule has 1 saturated carbocycles. The topological polar surface area (TPSA) is 63.0 Å². The summed E-state index contributed by atoms with van der Waals surface area (Å²) in [5.74, 6) is 1.62. The molecule has 2 aromatic carbocycles. The molecule has 2 heteroatoms. The average molecular weight is 302 g/mol. The van der Waals surface area contributed by atoms with E-state index in [0.29, 0.717) is 0 Å². The third-order valence-electron chi connectivity index (χ3n) is 5.00. The first-order valence-electron chi connectivity index (χ1n) is 8.30. The van der Waals surface area contributed by atoms with Gasteiger partial charge in [-0.05, 0) is 77.5 Å². The standard InChI is InChI=1S/C18H20.C2H6.2H2O/c1-11-3-8-16-12(2)18-9-14(13-4-5-13)6-7-15(18)10-17(11)16;1-2;;/h6-7,9-11,13H,3-5,8H2,1-2H3;1-2H3;2*1H2. The lowest BCUT2D eigenvalue weighted by Gasteiger charge is -2.12. The second-order valence-corrected chi connectivity index (χ2v) is 6.26. The van der Waals surface area contributed by atoms with Crippen molar-refractivity contribution in [3.63, 3.8) is 0 Å². The quantitative estimate of drug-likeness (QED) is 0.747. The van der Waals surface area contributed by atoms with Crippen molar-refractivity contribution in [1.82, 2.24) is 0 Å². The molecule has 2 nitrogen and oxygen atoms in total. The van der Waals surface area contributed by atoms with E-state index in [0.717, 1.165) is 11.8 Å². The van der Waals surface area contributed by atoms with Gasteiger partial charge in [0.15, 0.2) is 0 Å². The van der Waals surface area contributed by atoms with Gasteiger partial charge in [0.1, 0.15) is 0 Å². The Kier molecular flexibility index (Phi) is 6.16. The van der Waals surface area contributed by atoms with Gasteiger partial charge in [-0.2, -0.15) is 0 Å². The Morgan fingerprint density at radius 3 is 2.27 bits per heavy atom. The lowest BCUT2D eigenvalue weighted by Crippen LogP contribution is -1.92. The number of rotatable bonds is 1. The van der Waals surface area contributed by atoms with Gasteiger partial charge in [-0.3, -0.25) is 0 Å². The minimum Gasteiger partial charge on any atom is -0.412 e. The maximum absolute atomic E-state index is 2.46. The summed E-state index contributed by atoms with van der Waals surface area (Å²) in [6.45, 7) is 8.70. The lowest BCUT2D eigenvalue weighted by molar-refractivity contribution is 0.747. The molecule has 122 valence electrons. The zero-order valence-electron chi connectivity index (χ0n) is 14.3. The van der Waals surface area contributed by atoms with Crippen molar-refractivity contribution in [2.45, 2.75) is 65.2 Å². The van der Waals surface area contributed by atoms with Crippen LogP contribution in [0.2, 0.25) is 0 Å². The molecule has 2 aliphatic rings. The van der Waals surface area contributed by atoms with Crippen molar-refractivity contribution in [3.05, 3.63) is 46.5 Å². The van der Waals surface area contributed by atoms with Gasteiger partial charge in [0.2, 0.25) is 0 Å². The van der Waals surface area contributed by atoms with Crippen molar-refractivity contribution in [2.24, 2.45) is 0 Å². The van der Waals surface area contributed by atoms with Gasteiger partial charge < -0.3 is 11.0 Å². The van der Waals surface area contributed by atoms with E-state index >= 15 is 0 Å². The van der Waals surface area contributed by atoms with Crippen LogP contribution in [0.1, 0.15) is 74.1 Å². The summed E-state index contributed by atoms with van der Waals surface area (Å²) in [5.41, 5.74) is 6.37. The molecular weight excluding hydrogens is 272 g/mol. The van der Waals surface area contributed by atoms with Gasteiger partial charge in [0.25, 0.3) is 0 Å². The first-order chi connectivity index (χ1) is 9.74. The summed E-state index contributed by atoms with van der Waals surface area (Å²) in [6.07, 6.45) is 5.41. The van der Waals surface area contributed by atoms with Crippen LogP contribution in [0.5, 0.6) is 0 Å². The number of aryl methyl sites for hydroxylation is 1. The Labute approximate surface area is 134 Å². The molecule has 0 aliphatic heterocycles. The fourth-order valence-corrected chi connectivity index (χ4v) is 3.62. The van der Waals surface area contributed by atoms with Crippen LogP contribution in [0.3, 0.4) is 0 Å². The molecule has 0 saturated heterocycles. The molecule has 0 radical (unpaired) electrons. The molecule has 1 fully saturated rings. The Hall–Kier alpha value is -1.38. The van der Waals surface area contributed by atoms with E-state index in [4.69, 9.17) is 0 Å². The van der Waals surface area contributed by atoms with Crippen molar-refractivity contribution in [2.75, 3.05) is 0 Å². The lowest BCUT2D eigenvalue weighted by atomic mass is 9.92. The third-order valence-corrected chi connectivity index (χ3v) is 5.00. The molecule has 1 unspecified atom stereocenters. The molecule has 1 atom stereocenters. The smallest absolute Gasteiger partial charge is 0.0149 e. The summed E-state index contributed by atoms with van der Waals surface area (Å²) < 4.78 is 0. The van der Waals surface area contributed by atoms with Gasteiger partial charge in [-0.1, -0.05) is 45.0 Å². The van der Waals surface area contributed by atoms with E-state index < -0.39 is 0 Å². The van der Waals surface area contributed by atoms with Crippen LogP contribution in [0.4, 0.5) is 0 Å². The van der Waals surface area contributed by atoms with Gasteiger partial charge >= 0.3 is 0 Å². The van der Waals surface area contributed by atoms with Crippen molar-refractivity contribution < 1.29 is 11.0 Å². The normalized spacial score (nSPS) is 18.6. The van der Waals surface area contributed by atoms with Crippen molar-refractivity contribution in [3.8, 4) is 0 Å². The molecule has 0 amide bonds. The summed E-state index contributed by atoms with van der Waals surface area (Å²) in [6, 6.07) is 9.62. The Bertz CT molecular complexity index is 642. The Morgan fingerprint density at radius 1 is 0.955 bits per heavy atom. The van der Waals surface area contributed by atoms with Crippen LogP contribution in [-0.2, 0) is 6.42 Å². The summed E-state index contributed by atoms with van der Waals surface area (Å²) in [4.78, 5) is 0. The summed E-state index contributed by atoms with van der Waals surface area (Å²) >= 11 is 0. The van der Waals surface area contributed by atoms with E-state index in [2.05, 4.69) is 38.1 Å². The highest BCUT2D eigenvalue weighted by molar-refractivity contribution is 5.89. The molecule has 22 heavy (non-hydrogen) atoms. The molecular formula is C20H30O2. The molecule has 0 heterocycles. The minimum atomic E-state index is 0. The molecule has 2 aromatic rings. The maximum atomic E-state index is 2.46. The fourth-order valence-electron chi connectivity index (χ4n) is 3.62. The monoisotopic (exact) mass is 302 g/mol. The van der Waals surface area contributed by atoms with Crippen LogP contribution in [-0.4, -0.2) is 11.0 Å². The van der Waals surface area contributed by atoms with Crippen LogP contribution in [0.15, 0.2) is 24.3 Å². The second-order valence-electron chi connectivity index (χ2n) is 6.26. The van der Waals surface area contributed by atoms with Crippen LogP contribution in [0, 0.1) is 6.92 Å². The van der Waals surface area contributed by atoms with Crippen molar-refractivity contribution >= 4 is 10.8 Å². The SMILES string of the molecule is CC.Cc1c2c(cc3ccc(C4CC4)cc13)C(C)CC2.O.O. The van der Waals surface area contributed by atoms with E-state index in [1.54, 1.807) is 22.3 Å². The zero-order valence-corrected chi connectivity index (χ0v) is 14.3. The number of benzene rings is 2. The summed E-state index contributed by atoms with van der Waals surface area (Å²) in [7, 11) is 0. The Balaban J connectivity index is 0.000000583. The van der Waals surface area contributed by atoms with E-state index in [9.17, 15) is 0 Å². The largest absolute Gasteiger partial charge is 0.412 e. The molecule has 0 spiro atoms. The van der Waals surface area contributed by atoms with E-state index in [-0.39, 0.29) is 11.0 Å². The number of hydrogen-bond acceptors (Lipinski definition) is 0. The highest BCUT2D eigenvalue weighted by Crippen LogP contribution is 2.43. The Morgan fingerprint density at radius 2 is 1.64 bits per heavy atom. The van der Waals surface area contributed by atoms with Crippen LogP contribution in [0.25, 0.3) is 10.8 Å². The van der Waals surface area contributed by atoms with E-state index in [1.165, 1.54) is 36.5 Å². The summed E-state index contributed by atoms with van der Waals surface area (Å²) in [5, 5.41) is 2.96. The van der Waals surface area contributed by atoms with Gasteiger partial charge in [-0.15, -0.1) is 0 Å². The predicted octanol–water partition coefficient (Wildman–Crippen LogP) is 4.45. The highest BCUT2D eigenvalue weighted by Gasteiger charge is 2.25. The number of fused-ring (bicyclic) bond motifs is 2. The first-order valence-corrected chi connectivity index (χ1v) is 8.30. The second kappa shape index (κ2) is 7.26. The van der Waals surface area contributed by atoms with Gasteiger partial charge in [0, 0.05) is 0 Å². The zero-order chi connectivity index (χ0) is 14.3. The minimum absolute atomic E-state index is 0. The first kappa shape index (κ1) is 18.7. The molecule has 0 bridgehead atoms. The third kappa shape index (κ3) is 3.04. The molecule has 4 N–H and O–H groups in total. The van der Waals surface area contributed by atoms with E-state index in [1.807, 2.05) is 13.8 Å². The molecule has 2 aliphatic carbocycles. The maximum Gasteiger partial charge on any atom is -0.0149 e. The highest BCUT2D eigenvalue weighted by atomic mass is 16.0. The van der Waals surface area contributed by atoms with Gasteiger partial charge in [0.05, 0.1) is 0 Å². The fraction of sp³-hybridized carbons (Fsp3) is 0.500. The van der Waals surface area contributed by atoms with Crippen molar-refractivity contribution in [1.29, 1.82) is 0 Å². The van der Waals surface area contributed by atoms with Gasteiger partial charge in [-0.25, -0.2) is 0 Å². The van der Waals surface area contributed by atoms with Crippen LogP contribution < -0.4 is 0 Å². The number of hydrogen-bond donors (Lipinski definition) is 0. The molecule has 4 rings (SSSR count). The van der Waals surface area contributed by atoms with Crippen LogP contribution >= 0.6 is 0 Å². The molecule has 0 aromatic heterocycles.